The van der Waals surface area contributed by atoms with Crippen LogP contribution in [0.1, 0.15) is 88.5 Å². The number of nitrogens with zero attached hydrogens (tertiary/aromatic N) is 6. The van der Waals surface area contributed by atoms with Crippen molar-refractivity contribution in [3.8, 4) is 17.0 Å². The highest BCUT2D eigenvalue weighted by Crippen LogP contribution is 2.48. The number of nitrogens with one attached hydrogen (secondary N) is 2. The number of aliphatic imine (C=N–C) groups is 2. The molecule has 0 aliphatic carbocycles. The number of rotatable bonds is 11. The number of fused-ring (bicyclic) bond motifs is 5. The lowest BCUT2D eigenvalue weighted by Gasteiger charge is -2.31. The van der Waals surface area contributed by atoms with Crippen molar-refractivity contribution in [3.63, 3.8) is 0 Å². The molecule has 4 aromatic rings. The van der Waals surface area contributed by atoms with Gasteiger partial charge in [-0.25, -0.2) is 14.0 Å². The minimum atomic E-state index is -0.741. The lowest BCUT2D eigenvalue weighted by molar-refractivity contribution is -0.134. The van der Waals surface area contributed by atoms with Crippen LogP contribution in [0.4, 0.5) is 14.0 Å². The van der Waals surface area contributed by atoms with Gasteiger partial charge in [-0.15, -0.1) is 11.3 Å². The zero-order valence-electron chi connectivity index (χ0n) is 39.3. The molecule has 5 aliphatic rings. The molecule has 69 heavy (non-hydrogen) atoms. The molecule has 1 unspecified atom stereocenters. The number of alkyl carbamates (subject to hydrolysis) is 2. The van der Waals surface area contributed by atoms with Crippen molar-refractivity contribution in [2.45, 2.75) is 96.6 Å². The largest absolute Gasteiger partial charge is 0.464 e. The fourth-order valence-corrected chi connectivity index (χ4v) is 10.5. The van der Waals surface area contributed by atoms with E-state index in [1.165, 1.54) is 31.6 Å². The maximum atomic E-state index is 16.8. The number of methoxy groups -OCH3 is 2. The van der Waals surface area contributed by atoms with Gasteiger partial charge in [0.2, 0.25) is 18.0 Å². The summed E-state index contributed by atoms with van der Waals surface area (Å²) in [5, 5.41) is 6.32. The number of carbonyl (C=O) groups is 4. The maximum absolute atomic E-state index is 16.8. The van der Waals surface area contributed by atoms with Crippen molar-refractivity contribution in [3.05, 3.63) is 82.3 Å². The van der Waals surface area contributed by atoms with Crippen LogP contribution in [0, 0.1) is 17.7 Å². The molecule has 2 aromatic heterocycles. The van der Waals surface area contributed by atoms with Gasteiger partial charge in [0.25, 0.3) is 0 Å². The fraction of sp³-hybridized carbons (Fsp3) is 0.438. The Labute approximate surface area is 433 Å². The molecule has 0 spiro atoms. The third-order valence-corrected chi connectivity index (χ3v) is 14.0. The molecule has 4 amide bonds. The van der Waals surface area contributed by atoms with E-state index in [0.717, 1.165) is 69.6 Å². The van der Waals surface area contributed by atoms with Crippen LogP contribution in [-0.2, 0) is 19.1 Å². The number of hydrogen-bond donors (Lipinski definition) is 2. The summed E-state index contributed by atoms with van der Waals surface area (Å²) in [6.45, 7) is 8.69. The second kappa shape index (κ2) is 22.9. The van der Waals surface area contributed by atoms with E-state index >= 15 is 4.39 Å². The highest BCUT2D eigenvalue weighted by Gasteiger charge is 2.41. The van der Waals surface area contributed by atoms with Crippen LogP contribution in [0.25, 0.3) is 33.3 Å². The average Bonchev–Trinajstić information content (AvgIpc) is 4.15. The maximum Gasteiger partial charge on any atom is 0.407 e. The predicted octanol–water partition coefficient (Wildman–Crippen LogP) is 8.41. The number of benzene rings is 2. The zero-order valence-corrected chi connectivity index (χ0v) is 44.1. The molecule has 2 aromatic carbocycles. The van der Waals surface area contributed by atoms with E-state index in [-0.39, 0.29) is 89.7 Å². The van der Waals surface area contributed by atoms with Gasteiger partial charge >= 0.3 is 12.2 Å². The van der Waals surface area contributed by atoms with Crippen LogP contribution in [-0.4, -0.2) is 106 Å². The Morgan fingerprint density at radius 2 is 1.32 bits per heavy atom. The van der Waals surface area contributed by atoms with Gasteiger partial charge in [0.1, 0.15) is 23.7 Å². The molecule has 2 N–H and O–H groups in total. The number of likely N-dealkylation sites (tertiary alicyclic amines) is 2. The summed E-state index contributed by atoms with van der Waals surface area (Å²) in [5.41, 5.74) is 8.83. The van der Waals surface area contributed by atoms with Crippen LogP contribution in [0.2, 0.25) is 0 Å². The Hall–Kier alpha value is -4.96. The van der Waals surface area contributed by atoms with E-state index in [2.05, 4.69) is 21.7 Å². The third-order valence-electron chi connectivity index (χ3n) is 13.2. The Morgan fingerprint density at radius 1 is 0.768 bits per heavy atom. The smallest absolute Gasteiger partial charge is 0.407 e. The normalized spacial score (nSPS) is 19.8. The van der Waals surface area contributed by atoms with E-state index in [1.54, 1.807) is 22.8 Å². The number of carbonyl (C=O) groups excluding carboxylic acids is 4. The SMILES string of the molecule is COC(=O)N[C@H](C(=O)N1CCC[C@H]1C1=NC=C(c2cc(F)c3c(c2)OC(c2cncs2)n2c-3cc3cc(C4=CN=C([C@@H]5CCCN5C(=O)[C@@H](NC(=O)OC)C(C)C)C4)ccc32)C1)C(C)C.S.S.S.S. The molecule has 2 fully saturated rings. The number of hydrogen-bond acceptors (Lipinski definition) is 11. The van der Waals surface area contributed by atoms with Crippen LogP contribution < -0.4 is 15.4 Å². The molecule has 0 radical (unpaired) electrons. The fourth-order valence-electron chi connectivity index (χ4n) is 9.86. The Morgan fingerprint density at radius 3 is 1.83 bits per heavy atom. The lowest BCUT2D eigenvalue weighted by Crippen LogP contribution is -2.53. The van der Waals surface area contributed by atoms with E-state index in [1.807, 2.05) is 67.6 Å². The highest BCUT2D eigenvalue weighted by molar-refractivity contribution is 7.59. The summed E-state index contributed by atoms with van der Waals surface area (Å²) in [7, 11) is 2.56. The molecule has 9 rings (SSSR count). The van der Waals surface area contributed by atoms with Gasteiger partial charge < -0.3 is 34.6 Å². The van der Waals surface area contributed by atoms with Crippen LogP contribution in [0.3, 0.4) is 0 Å². The Bertz CT molecular complexity index is 2710. The summed E-state index contributed by atoms with van der Waals surface area (Å²) in [5.74, 6) is -0.629. The van der Waals surface area contributed by atoms with Gasteiger partial charge in [0.15, 0.2) is 0 Å². The molecule has 7 heterocycles. The molecule has 2 saturated heterocycles. The van der Waals surface area contributed by atoms with Gasteiger partial charge in [-0.1, -0.05) is 33.8 Å². The predicted molar refractivity (Wildman–Crippen MR) is 288 cm³/mol. The molecular formula is C48H61FN8O7S5. The number of allylic oxidation sites excluding steroid dienone is 2. The number of thiazole rings is 1. The first-order chi connectivity index (χ1) is 31.3. The molecule has 0 saturated carbocycles. The minimum Gasteiger partial charge on any atom is -0.464 e. The Kier molecular flexibility index (Phi) is 18.2. The van der Waals surface area contributed by atoms with Crippen molar-refractivity contribution < 1.29 is 37.8 Å². The molecule has 5 aliphatic heterocycles. The van der Waals surface area contributed by atoms with Gasteiger partial charge in [-0.05, 0) is 90.1 Å². The minimum absolute atomic E-state index is 0. The molecule has 0 bridgehead atoms. The number of halogens is 1. The van der Waals surface area contributed by atoms with Crippen LogP contribution in [0.15, 0.2) is 70.5 Å². The molecule has 5 atom stereocenters. The molecule has 21 heteroatoms. The van der Waals surface area contributed by atoms with E-state index < -0.39 is 36.3 Å². The number of amides is 4. The van der Waals surface area contributed by atoms with Crippen LogP contribution in [0.5, 0.6) is 5.75 Å². The second-order valence-corrected chi connectivity index (χ2v) is 18.8. The zero-order chi connectivity index (χ0) is 45.7. The van der Waals surface area contributed by atoms with E-state index in [0.29, 0.717) is 48.5 Å². The monoisotopic (exact) mass is 1040 g/mol. The van der Waals surface area contributed by atoms with Gasteiger partial charge in [0.05, 0.1) is 53.5 Å². The van der Waals surface area contributed by atoms with Crippen molar-refractivity contribution in [2.75, 3.05) is 27.3 Å². The van der Waals surface area contributed by atoms with Gasteiger partial charge in [-0.3, -0.25) is 29.1 Å². The summed E-state index contributed by atoms with van der Waals surface area (Å²) < 4.78 is 35.1. The van der Waals surface area contributed by atoms with Gasteiger partial charge in [0, 0.05) is 61.3 Å². The lowest BCUT2D eigenvalue weighted by atomic mass is 9.95. The summed E-state index contributed by atoms with van der Waals surface area (Å²) in [6.07, 6.45) is 7.67. The number of ether oxygens (including phenoxy) is 3. The first-order valence-corrected chi connectivity index (χ1v) is 23.1. The van der Waals surface area contributed by atoms with Crippen LogP contribution >= 0.6 is 65.3 Å². The second-order valence-electron chi connectivity index (χ2n) is 17.9. The summed E-state index contributed by atoms with van der Waals surface area (Å²) in [4.78, 5) is 70.2. The Balaban J connectivity index is 0.00000222. The molecular weight excluding hydrogens is 980 g/mol. The van der Waals surface area contributed by atoms with Crippen molar-refractivity contribution in [2.24, 2.45) is 21.8 Å². The van der Waals surface area contributed by atoms with E-state index in [9.17, 15) is 19.2 Å². The quantitative estimate of drug-likeness (QED) is 0.151. The topological polar surface area (TPSA) is 169 Å². The van der Waals surface area contributed by atoms with E-state index in [4.69, 9.17) is 24.2 Å². The highest BCUT2D eigenvalue weighted by atomic mass is 32.1. The third kappa shape index (κ3) is 10.6. The number of aromatic nitrogens is 2. The first kappa shape index (κ1) is 55.0. The molecule has 372 valence electrons. The van der Waals surface area contributed by atoms with Crippen molar-refractivity contribution >= 4 is 123 Å². The van der Waals surface area contributed by atoms with Crippen molar-refractivity contribution in [1.82, 2.24) is 30.0 Å². The van der Waals surface area contributed by atoms with Crippen molar-refractivity contribution in [1.29, 1.82) is 0 Å². The standard InChI is InChI=1S/C48H53FN8O7S.4H2S/c1-25(2)42(53-47(60)62-5)44(58)55-13-7-9-36(55)33-17-30(21-51-33)27-11-12-35-29(15-27)19-38-41-32(49)16-28(20-39(41)64-46(57(35)38)40-23-50-24-65-40)31-18-34(52-22-31)37-10-8-14-56(37)45(59)43(26(3)4)54-48(61)63-6;;;;/h11-12,15-16,19-26,36-37,42-43,46H,7-10,13-14,17-18H2,1-6H3,(H,53,60)(H,54,61);4*1H2/t36-,37-,42-,43-,46?;;;;/m0..../s1. The van der Waals surface area contributed by atoms with Gasteiger partial charge in [-0.2, -0.15) is 54.0 Å². The first-order valence-electron chi connectivity index (χ1n) is 22.2. The summed E-state index contributed by atoms with van der Waals surface area (Å²) in [6, 6.07) is 9.73. The molecule has 15 nitrogen and oxygen atoms in total. The average molecular weight is 1040 g/mol. The summed E-state index contributed by atoms with van der Waals surface area (Å²) >= 11 is 1.46.